The maximum atomic E-state index is 12.6. The number of fused-ring (bicyclic) bond motifs is 1. The van der Waals surface area contributed by atoms with Crippen LogP contribution in [0.25, 0.3) is 10.9 Å². The fourth-order valence-electron chi connectivity index (χ4n) is 3.60. The van der Waals surface area contributed by atoms with Crippen LogP contribution in [-0.2, 0) is 17.9 Å². The molecule has 2 heterocycles. The van der Waals surface area contributed by atoms with Crippen molar-refractivity contribution in [2.45, 2.75) is 32.5 Å². The van der Waals surface area contributed by atoms with Crippen LogP contribution in [0.1, 0.15) is 30.5 Å². The van der Waals surface area contributed by atoms with Crippen LogP contribution in [0.5, 0.6) is 11.5 Å². The molecule has 4 aromatic rings. The summed E-state index contributed by atoms with van der Waals surface area (Å²) in [7, 11) is 1.58. The number of nitrogens with one attached hydrogen (secondary N) is 1. The average molecular weight is 459 g/mol. The zero-order valence-corrected chi connectivity index (χ0v) is 19.1. The summed E-state index contributed by atoms with van der Waals surface area (Å²) in [6.45, 7) is 2.54. The van der Waals surface area contributed by atoms with Gasteiger partial charge in [-0.25, -0.2) is 4.98 Å². The molecule has 0 saturated heterocycles. The van der Waals surface area contributed by atoms with Gasteiger partial charge in [0.1, 0.15) is 6.61 Å². The number of rotatable bonds is 9. The molecule has 0 spiro atoms. The molecule has 0 aliphatic carbocycles. The van der Waals surface area contributed by atoms with Crippen molar-refractivity contribution in [1.29, 1.82) is 0 Å². The van der Waals surface area contributed by atoms with Gasteiger partial charge in [-0.3, -0.25) is 19.1 Å². The number of nitrogens with zero attached hydrogens (tertiary/aromatic N) is 3. The van der Waals surface area contributed by atoms with Gasteiger partial charge in [-0.1, -0.05) is 18.2 Å². The molecule has 4 rings (SSSR count). The van der Waals surface area contributed by atoms with Crippen LogP contribution in [0.15, 0.2) is 78.1 Å². The lowest BCUT2D eigenvalue weighted by Gasteiger charge is -2.17. The first-order valence-corrected chi connectivity index (χ1v) is 11.0. The second kappa shape index (κ2) is 10.6. The number of para-hydroxylation sites is 1. The molecular formula is C26H26N4O4. The van der Waals surface area contributed by atoms with E-state index >= 15 is 0 Å². The number of methoxy groups -OCH3 is 1. The van der Waals surface area contributed by atoms with Gasteiger partial charge in [-0.15, -0.1) is 0 Å². The second-order valence-electron chi connectivity index (χ2n) is 7.85. The van der Waals surface area contributed by atoms with E-state index in [0.29, 0.717) is 29.0 Å². The van der Waals surface area contributed by atoms with Crippen molar-refractivity contribution in [1.82, 2.24) is 19.9 Å². The topological polar surface area (TPSA) is 95.3 Å². The number of amides is 1. The number of aromatic nitrogens is 3. The molecule has 2 aromatic heterocycles. The smallest absolute Gasteiger partial charge is 0.261 e. The molecule has 0 aliphatic heterocycles. The lowest BCUT2D eigenvalue weighted by atomic mass is 10.1. The number of carbonyl (C=O) groups is 1. The zero-order chi connectivity index (χ0) is 23.9. The summed E-state index contributed by atoms with van der Waals surface area (Å²) in [4.78, 5) is 33.4. The van der Waals surface area contributed by atoms with E-state index in [4.69, 9.17) is 9.47 Å². The molecule has 0 saturated carbocycles. The Kier molecular flexibility index (Phi) is 7.17. The highest BCUT2D eigenvalue weighted by Gasteiger charge is 2.14. The number of carbonyl (C=O) groups excluding carboxylic acids is 1. The minimum atomic E-state index is -0.248. The molecule has 1 N–H and O–H groups in total. The van der Waals surface area contributed by atoms with Crippen molar-refractivity contribution >= 4 is 16.8 Å². The lowest BCUT2D eigenvalue weighted by Crippen LogP contribution is -2.29. The van der Waals surface area contributed by atoms with Gasteiger partial charge in [0.05, 0.1) is 30.4 Å². The third kappa shape index (κ3) is 5.40. The normalized spacial score (nSPS) is 11.7. The van der Waals surface area contributed by atoms with Crippen molar-refractivity contribution in [2.75, 3.05) is 7.11 Å². The van der Waals surface area contributed by atoms with Crippen molar-refractivity contribution in [3.63, 3.8) is 0 Å². The molecule has 0 aliphatic rings. The maximum absolute atomic E-state index is 12.6. The first-order chi connectivity index (χ1) is 16.5. The van der Waals surface area contributed by atoms with Gasteiger partial charge in [0.25, 0.3) is 5.56 Å². The lowest BCUT2D eigenvalue weighted by molar-refractivity contribution is -0.121. The largest absolute Gasteiger partial charge is 0.493 e. The Morgan fingerprint density at radius 1 is 1.09 bits per heavy atom. The molecular weight excluding hydrogens is 432 g/mol. The van der Waals surface area contributed by atoms with E-state index in [0.717, 1.165) is 11.1 Å². The maximum Gasteiger partial charge on any atom is 0.261 e. The molecule has 0 bridgehead atoms. The van der Waals surface area contributed by atoms with Crippen LogP contribution in [-0.4, -0.2) is 27.6 Å². The van der Waals surface area contributed by atoms with E-state index in [1.54, 1.807) is 37.7 Å². The molecule has 34 heavy (non-hydrogen) atoms. The zero-order valence-electron chi connectivity index (χ0n) is 19.1. The highest BCUT2D eigenvalue weighted by Crippen LogP contribution is 2.31. The van der Waals surface area contributed by atoms with E-state index in [-0.39, 0.29) is 30.5 Å². The number of ether oxygens (including phenoxy) is 2. The van der Waals surface area contributed by atoms with Gasteiger partial charge in [-0.2, -0.15) is 0 Å². The predicted molar refractivity (Wildman–Crippen MR) is 129 cm³/mol. The average Bonchev–Trinajstić information content (AvgIpc) is 2.87. The molecule has 0 radical (unpaired) electrons. The fraction of sp³-hybridized carbons (Fsp3) is 0.231. The third-order valence-corrected chi connectivity index (χ3v) is 5.52. The van der Waals surface area contributed by atoms with Gasteiger partial charge >= 0.3 is 0 Å². The molecule has 1 atom stereocenters. The van der Waals surface area contributed by atoms with Crippen molar-refractivity contribution in [2.24, 2.45) is 0 Å². The van der Waals surface area contributed by atoms with Crippen molar-refractivity contribution in [3.05, 3.63) is 94.8 Å². The first kappa shape index (κ1) is 23.0. The Morgan fingerprint density at radius 2 is 1.88 bits per heavy atom. The van der Waals surface area contributed by atoms with Gasteiger partial charge in [0.15, 0.2) is 11.5 Å². The van der Waals surface area contributed by atoms with E-state index < -0.39 is 0 Å². The molecule has 1 amide bonds. The van der Waals surface area contributed by atoms with Crippen LogP contribution in [0.2, 0.25) is 0 Å². The first-order valence-electron chi connectivity index (χ1n) is 11.0. The number of hydrogen-bond acceptors (Lipinski definition) is 6. The number of benzene rings is 2. The summed E-state index contributed by atoms with van der Waals surface area (Å²) < 4.78 is 12.8. The van der Waals surface area contributed by atoms with E-state index in [1.165, 1.54) is 10.9 Å². The molecule has 1 unspecified atom stereocenters. The Labute approximate surface area is 197 Å². The number of pyridine rings is 1. The van der Waals surface area contributed by atoms with E-state index in [1.807, 2.05) is 43.3 Å². The quantitative estimate of drug-likeness (QED) is 0.411. The predicted octanol–water partition coefficient (Wildman–Crippen LogP) is 3.65. The Morgan fingerprint density at radius 3 is 2.68 bits per heavy atom. The highest BCUT2D eigenvalue weighted by molar-refractivity contribution is 5.77. The minimum absolute atomic E-state index is 0.154. The van der Waals surface area contributed by atoms with Gasteiger partial charge in [0.2, 0.25) is 5.91 Å². The van der Waals surface area contributed by atoms with Gasteiger partial charge < -0.3 is 14.8 Å². The van der Waals surface area contributed by atoms with E-state index in [9.17, 15) is 9.59 Å². The second-order valence-corrected chi connectivity index (χ2v) is 7.85. The SMILES string of the molecule is COc1cc(C(C)NC(=O)CCn2cnc3ccccc3c2=O)ccc1OCc1ccncc1. The number of aryl methyl sites for hydroxylation is 1. The summed E-state index contributed by atoms with van der Waals surface area (Å²) in [5.74, 6) is 1.04. The fourth-order valence-corrected chi connectivity index (χ4v) is 3.60. The monoisotopic (exact) mass is 458 g/mol. The van der Waals surface area contributed by atoms with Crippen molar-refractivity contribution in [3.8, 4) is 11.5 Å². The summed E-state index contributed by atoms with van der Waals surface area (Å²) >= 11 is 0. The van der Waals surface area contributed by atoms with Crippen LogP contribution in [0.3, 0.4) is 0 Å². The van der Waals surface area contributed by atoms with Gasteiger partial charge in [-0.05, 0) is 54.4 Å². The molecule has 174 valence electrons. The van der Waals surface area contributed by atoms with Crippen LogP contribution >= 0.6 is 0 Å². The summed E-state index contributed by atoms with van der Waals surface area (Å²) in [6, 6.07) is 16.3. The highest BCUT2D eigenvalue weighted by atomic mass is 16.5. The molecule has 8 heteroatoms. The van der Waals surface area contributed by atoms with Crippen LogP contribution < -0.4 is 20.3 Å². The van der Waals surface area contributed by atoms with Gasteiger partial charge in [0, 0.05) is 25.4 Å². The summed E-state index contributed by atoms with van der Waals surface area (Å²) in [6.07, 6.45) is 5.08. The Hall–Kier alpha value is -4.20. The number of hydrogen-bond donors (Lipinski definition) is 1. The summed E-state index contributed by atoms with van der Waals surface area (Å²) in [5, 5.41) is 3.51. The minimum Gasteiger partial charge on any atom is -0.493 e. The van der Waals surface area contributed by atoms with E-state index in [2.05, 4.69) is 15.3 Å². The van der Waals surface area contributed by atoms with Crippen LogP contribution in [0.4, 0.5) is 0 Å². The molecule has 0 fully saturated rings. The molecule has 8 nitrogen and oxygen atoms in total. The van der Waals surface area contributed by atoms with Crippen molar-refractivity contribution < 1.29 is 14.3 Å². The summed E-state index contributed by atoms with van der Waals surface area (Å²) in [5.41, 5.74) is 2.37. The Balaban J connectivity index is 1.36. The Bertz CT molecular complexity index is 1340. The van der Waals surface area contributed by atoms with Crippen LogP contribution in [0, 0.1) is 0 Å². The molecule has 2 aromatic carbocycles. The standard InChI is InChI=1S/C26H26N4O4/c1-18(20-7-8-23(24(15-20)33-2)34-16-19-9-12-27-13-10-19)29-25(31)11-14-30-17-28-22-6-4-3-5-21(22)26(30)32/h3-10,12-13,15,17-18H,11,14,16H2,1-2H3,(H,29,31). The third-order valence-electron chi connectivity index (χ3n) is 5.52.